The lowest BCUT2D eigenvalue weighted by molar-refractivity contribution is 0.185. The molecule has 110 valence electrons. The maximum Gasteiger partial charge on any atom is 0.123 e. The molecule has 1 fully saturated rings. The minimum atomic E-state index is 0.244. The van der Waals surface area contributed by atoms with Crippen molar-refractivity contribution in [3.63, 3.8) is 0 Å². The highest BCUT2D eigenvalue weighted by molar-refractivity contribution is 9.10. The van der Waals surface area contributed by atoms with Gasteiger partial charge in [-0.05, 0) is 55.0 Å². The van der Waals surface area contributed by atoms with E-state index in [1.807, 2.05) is 12.1 Å². The number of aliphatic hydroxyl groups is 1. The zero-order valence-electron chi connectivity index (χ0n) is 11.6. The second-order valence-electron chi connectivity index (χ2n) is 5.99. The van der Waals surface area contributed by atoms with Gasteiger partial charge in [-0.15, -0.1) is 0 Å². The molecule has 0 amide bonds. The molecular formula is C16H22BrNO2. The van der Waals surface area contributed by atoms with Gasteiger partial charge in [-0.3, -0.25) is 0 Å². The van der Waals surface area contributed by atoms with E-state index in [0.29, 0.717) is 18.4 Å². The van der Waals surface area contributed by atoms with Crippen LogP contribution in [-0.2, 0) is 6.42 Å². The van der Waals surface area contributed by atoms with Gasteiger partial charge in [0.15, 0.2) is 0 Å². The van der Waals surface area contributed by atoms with E-state index in [-0.39, 0.29) is 6.10 Å². The van der Waals surface area contributed by atoms with Crippen LogP contribution in [-0.4, -0.2) is 30.9 Å². The maximum absolute atomic E-state index is 9.33. The molecule has 4 heteroatoms. The summed E-state index contributed by atoms with van der Waals surface area (Å²) in [7, 11) is 0. The molecular weight excluding hydrogens is 318 g/mol. The fourth-order valence-corrected chi connectivity index (χ4v) is 3.86. The lowest BCUT2D eigenvalue weighted by Gasteiger charge is -2.19. The number of aliphatic hydroxyl groups excluding tert-OH is 1. The van der Waals surface area contributed by atoms with Crippen LogP contribution in [0.4, 0.5) is 0 Å². The van der Waals surface area contributed by atoms with Gasteiger partial charge in [0.1, 0.15) is 11.9 Å². The molecule has 1 aromatic rings. The third kappa shape index (κ3) is 3.18. The van der Waals surface area contributed by atoms with Crippen molar-refractivity contribution in [3.8, 4) is 5.75 Å². The number of rotatable bonds is 5. The first-order valence-electron chi connectivity index (χ1n) is 7.53. The minimum Gasteiger partial charge on any atom is -0.488 e. The van der Waals surface area contributed by atoms with E-state index in [2.05, 4.69) is 27.3 Å². The fourth-order valence-electron chi connectivity index (χ4n) is 3.46. The Morgan fingerprint density at radius 2 is 2.10 bits per heavy atom. The van der Waals surface area contributed by atoms with E-state index in [9.17, 15) is 5.11 Å². The summed E-state index contributed by atoms with van der Waals surface area (Å²) in [5.74, 6) is 2.16. The molecule has 3 nitrogen and oxygen atoms in total. The first-order valence-corrected chi connectivity index (χ1v) is 8.32. The van der Waals surface area contributed by atoms with Crippen molar-refractivity contribution in [2.75, 3.05) is 19.7 Å². The SMILES string of the molecule is OCC1CCCC1CNCC1Cc2cc(Br)ccc2O1. The molecule has 1 aliphatic carbocycles. The molecule has 20 heavy (non-hydrogen) atoms. The van der Waals surface area contributed by atoms with E-state index in [1.165, 1.54) is 24.8 Å². The van der Waals surface area contributed by atoms with Gasteiger partial charge in [0.25, 0.3) is 0 Å². The summed E-state index contributed by atoms with van der Waals surface area (Å²) in [4.78, 5) is 0. The highest BCUT2D eigenvalue weighted by atomic mass is 79.9. The van der Waals surface area contributed by atoms with E-state index < -0.39 is 0 Å². The van der Waals surface area contributed by atoms with E-state index in [0.717, 1.165) is 29.7 Å². The number of hydrogen-bond acceptors (Lipinski definition) is 3. The van der Waals surface area contributed by atoms with Crippen LogP contribution in [0.3, 0.4) is 0 Å². The van der Waals surface area contributed by atoms with Crippen LogP contribution in [0.15, 0.2) is 22.7 Å². The Labute approximate surface area is 128 Å². The lowest BCUT2D eigenvalue weighted by atomic mass is 9.97. The first kappa shape index (κ1) is 14.4. The summed E-state index contributed by atoms with van der Waals surface area (Å²) in [6.07, 6.45) is 4.92. The summed E-state index contributed by atoms with van der Waals surface area (Å²) in [5.41, 5.74) is 1.29. The number of nitrogens with one attached hydrogen (secondary N) is 1. The topological polar surface area (TPSA) is 41.5 Å². The van der Waals surface area contributed by atoms with Crippen molar-refractivity contribution in [3.05, 3.63) is 28.2 Å². The number of halogens is 1. The Kier molecular flexibility index (Phi) is 4.64. The highest BCUT2D eigenvalue weighted by Crippen LogP contribution is 2.32. The molecule has 0 bridgehead atoms. The zero-order valence-corrected chi connectivity index (χ0v) is 13.2. The molecule has 0 spiro atoms. The summed E-state index contributed by atoms with van der Waals surface area (Å²) in [6.45, 7) is 2.23. The second-order valence-corrected chi connectivity index (χ2v) is 6.90. The fraction of sp³-hybridized carbons (Fsp3) is 0.625. The van der Waals surface area contributed by atoms with Crippen molar-refractivity contribution < 1.29 is 9.84 Å². The van der Waals surface area contributed by atoms with Gasteiger partial charge < -0.3 is 15.2 Å². The molecule has 3 atom stereocenters. The summed E-state index contributed by atoms with van der Waals surface area (Å²) < 4.78 is 7.06. The molecule has 0 saturated heterocycles. The average molecular weight is 340 g/mol. The van der Waals surface area contributed by atoms with E-state index in [1.54, 1.807) is 0 Å². The van der Waals surface area contributed by atoms with Gasteiger partial charge in [-0.1, -0.05) is 22.4 Å². The molecule has 0 aromatic heterocycles. The van der Waals surface area contributed by atoms with Gasteiger partial charge in [-0.2, -0.15) is 0 Å². The standard InChI is InChI=1S/C16H22BrNO2/c17-14-4-5-16-13(6-14)7-15(20-16)9-18-8-11-2-1-3-12(11)10-19/h4-6,11-12,15,18-19H,1-3,7-10H2. The lowest BCUT2D eigenvalue weighted by Crippen LogP contribution is -2.34. The van der Waals surface area contributed by atoms with Gasteiger partial charge in [0.05, 0.1) is 0 Å². The molecule has 0 radical (unpaired) electrons. The van der Waals surface area contributed by atoms with Gasteiger partial charge >= 0.3 is 0 Å². The molecule has 1 aliphatic heterocycles. The zero-order chi connectivity index (χ0) is 13.9. The van der Waals surface area contributed by atoms with Crippen LogP contribution in [0, 0.1) is 11.8 Å². The second kappa shape index (κ2) is 6.46. The number of hydrogen-bond donors (Lipinski definition) is 2. The molecule has 3 unspecified atom stereocenters. The van der Waals surface area contributed by atoms with Crippen molar-refractivity contribution in [1.82, 2.24) is 5.32 Å². The molecule has 3 rings (SSSR count). The van der Waals surface area contributed by atoms with E-state index >= 15 is 0 Å². The van der Waals surface area contributed by atoms with Crippen molar-refractivity contribution in [2.24, 2.45) is 11.8 Å². The maximum atomic E-state index is 9.33. The Balaban J connectivity index is 1.45. The average Bonchev–Trinajstić information content (AvgIpc) is 3.04. The van der Waals surface area contributed by atoms with Gasteiger partial charge in [-0.25, -0.2) is 0 Å². The van der Waals surface area contributed by atoms with Gasteiger partial charge in [0, 0.05) is 24.0 Å². The van der Waals surface area contributed by atoms with Crippen LogP contribution < -0.4 is 10.1 Å². The van der Waals surface area contributed by atoms with Crippen LogP contribution >= 0.6 is 15.9 Å². The molecule has 1 heterocycles. The number of ether oxygens (including phenoxy) is 1. The predicted octanol–water partition coefficient (Wildman–Crippen LogP) is 2.75. The largest absolute Gasteiger partial charge is 0.488 e. The first-order chi connectivity index (χ1) is 9.76. The Morgan fingerprint density at radius 1 is 1.25 bits per heavy atom. The van der Waals surface area contributed by atoms with Crippen LogP contribution in [0.25, 0.3) is 0 Å². The monoisotopic (exact) mass is 339 g/mol. The summed E-state index contributed by atoms with van der Waals surface area (Å²) in [5, 5.41) is 12.9. The minimum absolute atomic E-state index is 0.244. The molecule has 2 aliphatic rings. The summed E-state index contributed by atoms with van der Waals surface area (Å²) >= 11 is 3.50. The third-order valence-electron chi connectivity index (χ3n) is 4.59. The van der Waals surface area contributed by atoms with Crippen LogP contribution in [0.1, 0.15) is 24.8 Å². The molecule has 1 saturated carbocycles. The Morgan fingerprint density at radius 3 is 2.95 bits per heavy atom. The predicted molar refractivity (Wildman–Crippen MR) is 83.0 cm³/mol. The quantitative estimate of drug-likeness (QED) is 0.866. The van der Waals surface area contributed by atoms with Crippen LogP contribution in [0.2, 0.25) is 0 Å². The molecule has 2 N–H and O–H groups in total. The summed E-state index contributed by atoms with van der Waals surface area (Å²) in [6, 6.07) is 6.21. The third-order valence-corrected chi connectivity index (χ3v) is 5.09. The Bertz CT molecular complexity index is 466. The Hall–Kier alpha value is -0.580. The number of benzene rings is 1. The van der Waals surface area contributed by atoms with Crippen molar-refractivity contribution >= 4 is 15.9 Å². The smallest absolute Gasteiger partial charge is 0.123 e. The normalized spacial score (nSPS) is 28.4. The van der Waals surface area contributed by atoms with Crippen LogP contribution in [0.5, 0.6) is 5.75 Å². The van der Waals surface area contributed by atoms with Gasteiger partial charge in [0.2, 0.25) is 0 Å². The highest BCUT2D eigenvalue weighted by Gasteiger charge is 2.27. The van der Waals surface area contributed by atoms with E-state index in [4.69, 9.17) is 4.74 Å². The number of fused-ring (bicyclic) bond motifs is 1. The molecule has 1 aromatic carbocycles. The van der Waals surface area contributed by atoms with Crippen molar-refractivity contribution in [1.29, 1.82) is 0 Å². The van der Waals surface area contributed by atoms with Crippen molar-refractivity contribution in [2.45, 2.75) is 31.8 Å².